The summed E-state index contributed by atoms with van der Waals surface area (Å²) < 4.78 is 28.4. The molecule has 0 aliphatic carbocycles. The predicted molar refractivity (Wildman–Crippen MR) is 77.4 cm³/mol. The molecule has 1 unspecified atom stereocenters. The largest absolute Gasteiger partial charge is 0.310 e. The van der Waals surface area contributed by atoms with Crippen molar-refractivity contribution in [2.24, 2.45) is 7.05 Å². The summed E-state index contributed by atoms with van der Waals surface area (Å²) in [6.45, 7) is 0.412. The fourth-order valence-corrected chi connectivity index (χ4v) is 2.79. The maximum Gasteiger partial charge on any atom is 0.248 e. The van der Waals surface area contributed by atoms with E-state index in [1.54, 1.807) is 31.2 Å². The number of aromatic nitrogens is 2. The van der Waals surface area contributed by atoms with Gasteiger partial charge >= 0.3 is 0 Å². The van der Waals surface area contributed by atoms with Gasteiger partial charge in [-0.3, -0.25) is 9.48 Å². The number of halogens is 2. The summed E-state index contributed by atoms with van der Waals surface area (Å²) in [5, 5.41) is 7.01. The van der Waals surface area contributed by atoms with Crippen LogP contribution in [0.25, 0.3) is 0 Å². The van der Waals surface area contributed by atoms with E-state index in [0.717, 1.165) is 17.7 Å². The minimum Gasteiger partial charge on any atom is -0.310 e. The van der Waals surface area contributed by atoms with Crippen molar-refractivity contribution >= 4 is 11.6 Å². The number of hydrogen-bond donors (Lipinski definition) is 1. The van der Waals surface area contributed by atoms with Gasteiger partial charge in [0, 0.05) is 31.4 Å². The molecule has 1 N–H and O–H groups in total. The van der Waals surface area contributed by atoms with Crippen molar-refractivity contribution < 1.29 is 13.6 Å². The van der Waals surface area contributed by atoms with E-state index in [-0.39, 0.29) is 5.91 Å². The van der Waals surface area contributed by atoms with Crippen LogP contribution in [0.15, 0.2) is 24.5 Å². The summed E-state index contributed by atoms with van der Waals surface area (Å²) in [4.78, 5) is 14.2. The molecule has 0 spiro atoms. The molecule has 0 bridgehead atoms. The fourth-order valence-electron chi connectivity index (χ4n) is 2.79. The average molecular weight is 306 g/mol. The smallest absolute Gasteiger partial charge is 0.248 e. The lowest BCUT2D eigenvalue weighted by molar-refractivity contribution is -0.120. The lowest BCUT2D eigenvalue weighted by atomic mass is 10.1. The minimum absolute atomic E-state index is 0.208. The van der Waals surface area contributed by atoms with Gasteiger partial charge < -0.3 is 10.2 Å². The second-order valence-electron chi connectivity index (χ2n) is 5.30. The molecule has 116 valence electrons. The molecule has 0 radical (unpaired) electrons. The van der Waals surface area contributed by atoms with Crippen molar-refractivity contribution in [3.05, 3.63) is 47.3 Å². The summed E-state index contributed by atoms with van der Waals surface area (Å²) in [5.74, 6) is -2.04. The Bertz CT molecular complexity index is 728. The molecule has 0 fully saturated rings. The van der Waals surface area contributed by atoms with Gasteiger partial charge in [0.2, 0.25) is 5.91 Å². The first kappa shape index (κ1) is 14.6. The van der Waals surface area contributed by atoms with E-state index in [4.69, 9.17) is 0 Å². The van der Waals surface area contributed by atoms with Gasteiger partial charge in [-0.25, -0.2) is 8.78 Å². The van der Waals surface area contributed by atoms with Crippen LogP contribution in [0.2, 0.25) is 0 Å². The Hall–Kier alpha value is -2.28. The Morgan fingerprint density at radius 1 is 1.36 bits per heavy atom. The van der Waals surface area contributed by atoms with E-state index in [1.165, 1.54) is 4.90 Å². The first-order valence-corrected chi connectivity index (χ1v) is 6.96. The topological polar surface area (TPSA) is 50.2 Å². The third kappa shape index (κ3) is 2.37. The van der Waals surface area contributed by atoms with Crippen LogP contribution in [0.3, 0.4) is 0 Å². The van der Waals surface area contributed by atoms with E-state index in [2.05, 4.69) is 10.4 Å². The fraction of sp³-hybridized carbons (Fsp3) is 0.333. The van der Waals surface area contributed by atoms with Crippen LogP contribution >= 0.6 is 0 Å². The summed E-state index contributed by atoms with van der Waals surface area (Å²) in [5.41, 5.74) is 1.81. The zero-order chi connectivity index (χ0) is 15.9. The van der Waals surface area contributed by atoms with E-state index >= 15 is 0 Å². The first-order chi connectivity index (χ1) is 10.5. The number of carbonyl (C=O) groups excluding carboxylic acids is 1. The quantitative estimate of drug-likeness (QED) is 0.936. The van der Waals surface area contributed by atoms with Gasteiger partial charge in [-0.15, -0.1) is 0 Å². The Labute approximate surface area is 126 Å². The Morgan fingerprint density at radius 2 is 2.09 bits per heavy atom. The second kappa shape index (κ2) is 5.49. The number of nitrogens with one attached hydrogen (secondary N) is 1. The molecule has 7 heteroatoms. The number of fused-ring (bicyclic) bond motifs is 1. The number of amides is 1. The Kier molecular flexibility index (Phi) is 3.66. The van der Waals surface area contributed by atoms with E-state index in [1.807, 2.05) is 0 Å². The highest BCUT2D eigenvalue weighted by Crippen LogP contribution is 2.32. The van der Waals surface area contributed by atoms with Crippen molar-refractivity contribution in [2.75, 3.05) is 18.5 Å². The SMILES string of the molecule is CNC(C(=O)N1CCc2cc(F)c(F)cc21)c1cnn(C)c1. The summed E-state index contributed by atoms with van der Waals surface area (Å²) in [6, 6.07) is 1.68. The second-order valence-corrected chi connectivity index (χ2v) is 5.30. The maximum absolute atomic E-state index is 13.5. The highest BCUT2D eigenvalue weighted by atomic mass is 19.2. The van der Waals surface area contributed by atoms with Crippen molar-refractivity contribution in [3.63, 3.8) is 0 Å². The van der Waals surface area contributed by atoms with Gasteiger partial charge in [-0.05, 0) is 25.1 Å². The van der Waals surface area contributed by atoms with Crippen LogP contribution < -0.4 is 10.2 Å². The van der Waals surface area contributed by atoms with Gasteiger partial charge in [0.05, 0.1) is 11.9 Å². The van der Waals surface area contributed by atoms with Crippen LogP contribution in [0.5, 0.6) is 0 Å². The highest BCUT2D eigenvalue weighted by Gasteiger charge is 2.32. The van der Waals surface area contributed by atoms with E-state index in [0.29, 0.717) is 24.2 Å². The zero-order valence-electron chi connectivity index (χ0n) is 12.3. The highest BCUT2D eigenvalue weighted by molar-refractivity contribution is 5.99. The molecule has 0 saturated carbocycles. The first-order valence-electron chi connectivity index (χ1n) is 6.96. The van der Waals surface area contributed by atoms with Gasteiger partial charge in [-0.2, -0.15) is 5.10 Å². The van der Waals surface area contributed by atoms with Gasteiger partial charge in [0.25, 0.3) is 0 Å². The van der Waals surface area contributed by atoms with Gasteiger partial charge in [0.15, 0.2) is 11.6 Å². The predicted octanol–water partition coefficient (Wildman–Crippen LogP) is 1.55. The lowest BCUT2D eigenvalue weighted by Crippen LogP contribution is -2.39. The summed E-state index contributed by atoms with van der Waals surface area (Å²) in [6.07, 6.45) is 3.88. The normalized spacial score (nSPS) is 15.0. The number of rotatable bonds is 3. The molecule has 22 heavy (non-hydrogen) atoms. The van der Waals surface area contributed by atoms with Crippen LogP contribution in [0.1, 0.15) is 17.2 Å². The number of carbonyl (C=O) groups is 1. The van der Waals surface area contributed by atoms with Crippen LogP contribution in [-0.4, -0.2) is 29.3 Å². The number of aryl methyl sites for hydroxylation is 1. The van der Waals surface area contributed by atoms with Crippen LogP contribution in [-0.2, 0) is 18.3 Å². The van der Waals surface area contributed by atoms with Crippen molar-refractivity contribution in [1.29, 1.82) is 0 Å². The monoisotopic (exact) mass is 306 g/mol. The van der Waals surface area contributed by atoms with E-state index in [9.17, 15) is 13.6 Å². The van der Waals surface area contributed by atoms with E-state index < -0.39 is 17.7 Å². The molecule has 2 aromatic rings. The number of likely N-dealkylation sites (N-methyl/N-ethyl adjacent to an activating group) is 1. The molecule has 5 nitrogen and oxygen atoms in total. The molecule has 1 aromatic heterocycles. The standard InChI is InChI=1S/C15H16F2N4O/c1-18-14(10-7-19-20(2)8-10)15(22)21-4-3-9-5-11(16)12(17)6-13(9)21/h5-8,14,18H,3-4H2,1-2H3. The van der Waals surface area contributed by atoms with Gasteiger partial charge in [0.1, 0.15) is 6.04 Å². The average Bonchev–Trinajstić information content (AvgIpc) is 3.07. The Morgan fingerprint density at radius 3 is 2.73 bits per heavy atom. The number of hydrogen-bond acceptors (Lipinski definition) is 3. The maximum atomic E-state index is 13.5. The number of anilines is 1. The number of nitrogens with zero attached hydrogens (tertiary/aromatic N) is 3. The molecular weight excluding hydrogens is 290 g/mol. The molecule has 1 aliphatic heterocycles. The molecule has 3 rings (SSSR count). The van der Waals surface area contributed by atoms with Crippen LogP contribution in [0, 0.1) is 11.6 Å². The molecular formula is C15H16F2N4O. The third-order valence-corrected chi connectivity index (χ3v) is 3.88. The molecule has 2 heterocycles. The van der Waals surface area contributed by atoms with Crippen molar-refractivity contribution in [2.45, 2.75) is 12.5 Å². The summed E-state index contributed by atoms with van der Waals surface area (Å²) in [7, 11) is 3.45. The Balaban J connectivity index is 1.92. The summed E-state index contributed by atoms with van der Waals surface area (Å²) >= 11 is 0. The van der Waals surface area contributed by atoms with Crippen molar-refractivity contribution in [1.82, 2.24) is 15.1 Å². The molecule has 1 amide bonds. The molecule has 1 atom stereocenters. The third-order valence-electron chi connectivity index (χ3n) is 3.88. The zero-order valence-corrected chi connectivity index (χ0v) is 12.3. The minimum atomic E-state index is -0.944. The molecule has 1 aromatic carbocycles. The van der Waals surface area contributed by atoms with Crippen LogP contribution in [0.4, 0.5) is 14.5 Å². The van der Waals surface area contributed by atoms with Crippen molar-refractivity contribution in [3.8, 4) is 0 Å². The van der Waals surface area contributed by atoms with Gasteiger partial charge in [-0.1, -0.05) is 0 Å². The molecule has 1 aliphatic rings. The lowest BCUT2D eigenvalue weighted by Gasteiger charge is -2.23. The number of benzene rings is 1. The molecule has 0 saturated heterocycles.